The lowest BCUT2D eigenvalue weighted by Gasteiger charge is -2.24. The zero-order valence-electron chi connectivity index (χ0n) is 17.3. The minimum Gasteiger partial charge on any atom is -0.482 e. The molecule has 5 aromatic rings. The second-order valence-electron chi connectivity index (χ2n) is 8.26. The molecule has 1 aliphatic rings. The number of ether oxygens (including phenoxy) is 2. The number of nitrogens with one attached hydrogen (secondary N) is 1. The fraction of sp³-hybridized carbons (Fsp3) is 0.200. The normalized spacial score (nSPS) is 23.1. The molecule has 3 N–H and O–H groups in total. The van der Waals surface area contributed by atoms with Gasteiger partial charge in [0, 0.05) is 23.0 Å². The Labute approximate surface area is 186 Å². The van der Waals surface area contributed by atoms with E-state index in [1.54, 1.807) is 0 Å². The maximum atomic E-state index is 12.4. The molecule has 0 spiro atoms. The second-order valence-corrected chi connectivity index (χ2v) is 8.26. The van der Waals surface area contributed by atoms with Gasteiger partial charge in [-0.05, 0) is 33.7 Å². The quantitative estimate of drug-likeness (QED) is 0.366. The van der Waals surface area contributed by atoms with Crippen LogP contribution in [0.25, 0.3) is 32.3 Å². The largest absolute Gasteiger partial charge is 0.482 e. The summed E-state index contributed by atoms with van der Waals surface area (Å²) in [6.45, 7) is -0.450. The molecule has 1 aliphatic heterocycles. The summed E-state index contributed by atoms with van der Waals surface area (Å²) in [5.41, 5.74) is -1.24. The van der Waals surface area contributed by atoms with E-state index < -0.39 is 42.4 Å². The van der Waals surface area contributed by atoms with Crippen molar-refractivity contribution in [3.63, 3.8) is 0 Å². The average Bonchev–Trinajstić information content (AvgIpc) is 3.13. The third-order valence-electron chi connectivity index (χ3n) is 6.37. The van der Waals surface area contributed by atoms with Crippen molar-refractivity contribution in [3.8, 4) is 5.75 Å². The molecular weight excluding hydrogens is 424 g/mol. The predicted molar refractivity (Wildman–Crippen MR) is 123 cm³/mol. The molecule has 33 heavy (non-hydrogen) atoms. The van der Waals surface area contributed by atoms with Crippen LogP contribution in [0.1, 0.15) is 6.23 Å². The Morgan fingerprint density at radius 1 is 0.939 bits per heavy atom. The Balaban J connectivity index is 1.49. The molecule has 4 aromatic carbocycles. The lowest BCUT2D eigenvalue weighted by molar-refractivity contribution is -0.0522. The van der Waals surface area contributed by atoms with Gasteiger partial charge in [-0.25, -0.2) is 4.79 Å². The molecule has 2 unspecified atom stereocenters. The number of aromatic amines is 1. The number of aromatic nitrogens is 2. The Morgan fingerprint density at radius 2 is 1.64 bits per heavy atom. The molecule has 1 saturated heterocycles. The van der Waals surface area contributed by atoms with Crippen LogP contribution in [0.5, 0.6) is 5.75 Å². The third kappa shape index (κ3) is 3.03. The van der Waals surface area contributed by atoms with Crippen LogP contribution in [0.4, 0.5) is 0 Å². The molecule has 1 aromatic heterocycles. The van der Waals surface area contributed by atoms with E-state index in [2.05, 4.69) is 29.2 Å². The number of rotatable bonds is 4. The van der Waals surface area contributed by atoms with Crippen LogP contribution >= 0.6 is 0 Å². The van der Waals surface area contributed by atoms with Crippen molar-refractivity contribution < 1.29 is 19.7 Å². The predicted octanol–water partition coefficient (Wildman–Crippen LogP) is 2.13. The summed E-state index contributed by atoms with van der Waals surface area (Å²) in [6, 6.07) is 19.3. The summed E-state index contributed by atoms with van der Waals surface area (Å²) in [5, 5.41) is 26.8. The minimum atomic E-state index is -1.20. The summed E-state index contributed by atoms with van der Waals surface area (Å²) in [7, 11) is 0. The first-order valence-electron chi connectivity index (χ1n) is 10.6. The summed E-state index contributed by atoms with van der Waals surface area (Å²) < 4.78 is 13.2. The van der Waals surface area contributed by atoms with Gasteiger partial charge in [0.05, 0.1) is 6.61 Å². The lowest BCUT2D eigenvalue weighted by Crippen LogP contribution is -2.41. The van der Waals surface area contributed by atoms with Gasteiger partial charge in [0.1, 0.15) is 18.0 Å². The number of aliphatic hydroxyl groups excluding tert-OH is 2. The first-order valence-corrected chi connectivity index (χ1v) is 10.6. The Morgan fingerprint density at radius 3 is 2.36 bits per heavy atom. The summed E-state index contributed by atoms with van der Waals surface area (Å²) in [5.74, 6) is 0.523. The van der Waals surface area contributed by atoms with Gasteiger partial charge < -0.3 is 19.7 Å². The van der Waals surface area contributed by atoms with E-state index in [0.29, 0.717) is 5.75 Å². The molecule has 0 amide bonds. The first-order chi connectivity index (χ1) is 16.0. The maximum absolute atomic E-state index is 12.4. The van der Waals surface area contributed by atoms with Gasteiger partial charge in [-0.15, -0.1) is 0 Å². The molecule has 8 heteroatoms. The van der Waals surface area contributed by atoms with Crippen molar-refractivity contribution in [1.82, 2.24) is 9.55 Å². The monoisotopic (exact) mass is 444 g/mol. The van der Waals surface area contributed by atoms with Crippen LogP contribution in [0.2, 0.25) is 0 Å². The highest BCUT2D eigenvalue weighted by Gasteiger charge is 2.46. The zero-order valence-corrected chi connectivity index (χ0v) is 17.3. The molecule has 1 fully saturated rings. The maximum Gasteiger partial charge on any atom is 0.330 e. The van der Waals surface area contributed by atoms with Crippen molar-refractivity contribution in [2.24, 2.45) is 0 Å². The Hall–Kier alpha value is -3.72. The van der Waals surface area contributed by atoms with E-state index in [4.69, 9.17) is 9.47 Å². The van der Waals surface area contributed by atoms with Crippen molar-refractivity contribution in [3.05, 3.63) is 87.7 Å². The lowest BCUT2D eigenvalue weighted by atomic mass is 9.94. The van der Waals surface area contributed by atoms with Crippen LogP contribution < -0.4 is 16.0 Å². The molecule has 6 rings (SSSR count). The molecule has 0 saturated carbocycles. The second kappa shape index (κ2) is 7.41. The standard InChI is InChI=1S/C25H20N2O6/c28-12-18-22(30)23(24(33-18)27-11-10-19(29)26-25(27)31)32-17-9-7-15-5-4-13-2-1-3-14-6-8-16(17)21(15)20(13)14/h1-11,18,22-24,28,30H,12H2,(H,26,29,31)/t18-,22?,23?,24-/m1/s1. The number of hydrogen-bond acceptors (Lipinski definition) is 6. The minimum absolute atomic E-state index is 0.450. The van der Waals surface area contributed by atoms with Gasteiger partial charge in [-0.1, -0.05) is 42.5 Å². The van der Waals surface area contributed by atoms with Gasteiger partial charge in [-0.3, -0.25) is 14.3 Å². The summed E-state index contributed by atoms with van der Waals surface area (Å²) >= 11 is 0. The summed E-state index contributed by atoms with van der Waals surface area (Å²) in [4.78, 5) is 26.1. The van der Waals surface area contributed by atoms with Crippen molar-refractivity contribution >= 4 is 32.3 Å². The van der Waals surface area contributed by atoms with Gasteiger partial charge >= 0.3 is 5.69 Å². The summed E-state index contributed by atoms with van der Waals surface area (Å²) in [6.07, 6.45) is -2.89. The molecule has 166 valence electrons. The molecule has 0 aliphatic carbocycles. The third-order valence-corrected chi connectivity index (χ3v) is 6.37. The SMILES string of the molecule is O=c1ccn([C@@H]2O[C@H](CO)C(O)C2Oc2ccc3ccc4cccc5ccc2c3c45)c(=O)[nH]1. The molecule has 0 bridgehead atoms. The Bertz CT molecular complexity index is 1590. The van der Waals surface area contributed by atoms with Gasteiger partial charge in [0.25, 0.3) is 5.56 Å². The Kier molecular flexibility index (Phi) is 4.48. The van der Waals surface area contributed by atoms with Crippen molar-refractivity contribution in [2.45, 2.75) is 24.5 Å². The van der Waals surface area contributed by atoms with E-state index in [1.807, 2.05) is 30.3 Å². The van der Waals surface area contributed by atoms with E-state index in [9.17, 15) is 19.8 Å². The van der Waals surface area contributed by atoms with Gasteiger partial charge in [0.2, 0.25) is 0 Å². The highest BCUT2D eigenvalue weighted by atomic mass is 16.6. The fourth-order valence-electron chi connectivity index (χ4n) is 4.81. The zero-order chi connectivity index (χ0) is 22.7. The number of hydrogen-bond donors (Lipinski definition) is 3. The van der Waals surface area contributed by atoms with Crippen LogP contribution in [-0.4, -0.2) is 44.7 Å². The highest BCUT2D eigenvalue weighted by molar-refractivity contribution is 6.24. The number of benzene rings is 4. The molecule has 4 atom stereocenters. The van der Waals surface area contributed by atoms with Gasteiger partial charge in [-0.2, -0.15) is 0 Å². The van der Waals surface area contributed by atoms with E-state index in [1.165, 1.54) is 12.3 Å². The number of H-pyrrole nitrogens is 1. The van der Waals surface area contributed by atoms with Crippen LogP contribution in [0.3, 0.4) is 0 Å². The van der Waals surface area contributed by atoms with Crippen LogP contribution in [0.15, 0.2) is 76.4 Å². The van der Waals surface area contributed by atoms with Crippen LogP contribution in [-0.2, 0) is 4.74 Å². The van der Waals surface area contributed by atoms with E-state index in [-0.39, 0.29) is 0 Å². The highest BCUT2D eigenvalue weighted by Crippen LogP contribution is 2.40. The van der Waals surface area contributed by atoms with Crippen molar-refractivity contribution in [2.75, 3.05) is 6.61 Å². The van der Waals surface area contributed by atoms with Crippen LogP contribution in [0, 0.1) is 0 Å². The molecular formula is C25H20N2O6. The van der Waals surface area contributed by atoms with E-state index in [0.717, 1.165) is 36.9 Å². The molecule has 0 radical (unpaired) electrons. The van der Waals surface area contributed by atoms with E-state index >= 15 is 0 Å². The average molecular weight is 444 g/mol. The molecule has 2 heterocycles. The fourth-order valence-corrected chi connectivity index (χ4v) is 4.81. The first kappa shape index (κ1) is 19.9. The number of nitrogens with zero attached hydrogens (tertiary/aromatic N) is 1. The topological polar surface area (TPSA) is 114 Å². The van der Waals surface area contributed by atoms with Crippen molar-refractivity contribution in [1.29, 1.82) is 0 Å². The smallest absolute Gasteiger partial charge is 0.330 e. The van der Waals surface area contributed by atoms with Gasteiger partial charge in [0.15, 0.2) is 12.3 Å². The molecule has 8 nitrogen and oxygen atoms in total. The number of aliphatic hydroxyl groups is 2.